The third kappa shape index (κ3) is 7.41. The van der Waals surface area contributed by atoms with E-state index in [1.54, 1.807) is 30.3 Å². The van der Waals surface area contributed by atoms with E-state index in [1.165, 1.54) is 18.7 Å². The largest absolute Gasteiger partial charge is 0.395 e. The lowest BCUT2D eigenvalue weighted by Gasteiger charge is -2.43. The maximum Gasteiger partial charge on any atom is 0.395 e. The zero-order valence-corrected chi connectivity index (χ0v) is 19.2. The summed E-state index contributed by atoms with van der Waals surface area (Å²) in [4.78, 5) is 23.2. The summed E-state index contributed by atoms with van der Waals surface area (Å²) < 4.78 is 51.2. The highest BCUT2D eigenvalue weighted by atomic mass is 32.2. The normalized spacial score (nSPS) is 14.7. The van der Waals surface area contributed by atoms with E-state index in [1.807, 2.05) is 17.9 Å². The molecule has 0 radical (unpaired) electrons. The first-order valence-electron chi connectivity index (χ1n) is 10.4. The van der Waals surface area contributed by atoms with E-state index >= 15 is 0 Å². The molecule has 3 aromatic rings. The Morgan fingerprint density at radius 3 is 2.46 bits per heavy atom. The number of rotatable bonds is 8. The van der Waals surface area contributed by atoms with Gasteiger partial charge in [0.2, 0.25) is 0 Å². The summed E-state index contributed by atoms with van der Waals surface area (Å²) in [5, 5.41) is 10.5. The Hall–Kier alpha value is -3.15. The van der Waals surface area contributed by atoms with Gasteiger partial charge >= 0.3 is 6.18 Å². The Morgan fingerprint density at radius 1 is 1.20 bits per heavy atom. The van der Waals surface area contributed by atoms with Crippen molar-refractivity contribution < 1.29 is 25.2 Å². The van der Waals surface area contributed by atoms with Gasteiger partial charge in [0.25, 0.3) is 0 Å². The summed E-state index contributed by atoms with van der Waals surface area (Å²) in [5.74, 6) is 0.741. The number of hydrogen-bond donors (Lipinski definition) is 2. The molecule has 2 aromatic heterocycles. The Kier molecular flexibility index (Phi) is 7.73. The van der Waals surface area contributed by atoms with Crippen molar-refractivity contribution in [2.24, 2.45) is 0 Å². The first-order valence-corrected chi connectivity index (χ1v) is 11.2. The van der Waals surface area contributed by atoms with Crippen molar-refractivity contribution in [1.82, 2.24) is 20.2 Å². The first kappa shape index (κ1) is 26.5. The van der Waals surface area contributed by atoms with E-state index < -0.39 is 24.0 Å². The average Bonchev–Trinajstić information content (AvgIpc) is 3.10. The number of nitrogens with zero attached hydrogens (tertiary/aromatic N) is 4. The van der Waals surface area contributed by atoms with Crippen LogP contribution in [0.25, 0.3) is 0 Å². The highest BCUT2D eigenvalue weighted by Crippen LogP contribution is 2.34. The van der Waals surface area contributed by atoms with E-state index in [9.17, 15) is 22.4 Å². The Balaban J connectivity index is 0.00000228. The lowest BCUT2D eigenvalue weighted by atomic mass is 9.99. The fraction of sp³-hybridized carbons (Fsp3) is 0.391. The molecule has 1 aliphatic heterocycles. The maximum absolute atomic E-state index is 14.1. The van der Waals surface area contributed by atoms with Crippen molar-refractivity contribution >= 4 is 35.0 Å². The number of alkyl halides is 4. The van der Waals surface area contributed by atoms with Crippen molar-refractivity contribution in [2.45, 2.75) is 56.0 Å². The number of carbonyl (C=O) groups excluding carboxylic acids is 1. The van der Waals surface area contributed by atoms with Crippen LogP contribution in [0.2, 0.25) is 0 Å². The van der Waals surface area contributed by atoms with Crippen LogP contribution in [-0.4, -0.2) is 50.9 Å². The Morgan fingerprint density at radius 2 is 1.89 bits per heavy atom. The van der Waals surface area contributed by atoms with Crippen molar-refractivity contribution in [3.05, 3.63) is 47.7 Å². The van der Waals surface area contributed by atoms with Crippen molar-refractivity contribution in [3.63, 3.8) is 0 Å². The molecule has 1 fully saturated rings. The SMILES string of the molecule is C.Cc1cc(Nc2cc(N3CC(C)(F)C3)nc(Sc3ccc(CC(=O)CC(F)(F)F)cc3)n2)n[nH]1.[HH].[HH]. The van der Waals surface area contributed by atoms with Gasteiger partial charge in [-0.15, -0.1) is 0 Å². The molecule has 2 N–H and O–H groups in total. The molecular weight excluding hydrogens is 484 g/mol. The van der Waals surface area contributed by atoms with Crippen LogP contribution < -0.4 is 10.2 Å². The molecule has 35 heavy (non-hydrogen) atoms. The molecule has 12 heteroatoms. The van der Waals surface area contributed by atoms with E-state index in [4.69, 9.17) is 0 Å². The molecule has 0 saturated carbocycles. The number of anilines is 3. The number of nitrogens with one attached hydrogen (secondary N) is 2. The van der Waals surface area contributed by atoms with Crippen LogP contribution in [0, 0.1) is 6.92 Å². The van der Waals surface area contributed by atoms with Gasteiger partial charge in [-0.25, -0.2) is 14.4 Å². The van der Waals surface area contributed by atoms with Gasteiger partial charge < -0.3 is 10.2 Å². The van der Waals surface area contributed by atoms with Gasteiger partial charge in [-0.3, -0.25) is 9.89 Å². The minimum absolute atomic E-state index is 0. The smallest absolute Gasteiger partial charge is 0.350 e. The van der Waals surface area contributed by atoms with Crippen molar-refractivity contribution in [2.75, 3.05) is 23.3 Å². The maximum atomic E-state index is 14.1. The first-order chi connectivity index (χ1) is 15.9. The molecule has 0 atom stereocenters. The van der Waals surface area contributed by atoms with E-state index in [0.717, 1.165) is 10.6 Å². The lowest BCUT2D eigenvalue weighted by molar-refractivity contribution is -0.151. The summed E-state index contributed by atoms with van der Waals surface area (Å²) in [7, 11) is 0. The monoisotopic (exact) mass is 514 g/mol. The van der Waals surface area contributed by atoms with Gasteiger partial charge in [0, 0.05) is 32.0 Å². The van der Waals surface area contributed by atoms with E-state index in [0.29, 0.717) is 28.2 Å². The van der Waals surface area contributed by atoms with Crippen LogP contribution in [0.4, 0.5) is 35.0 Å². The van der Waals surface area contributed by atoms with E-state index in [-0.39, 0.29) is 29.8 Å². The quantitative estimate of drug-likeness (QED) is 0.276. The molecule has 192 valence electrons. The Bertz CT molecular complexity index is 1180. The molecule has 7 nitrogen and oxygen atoms in total. The Labute approximate surface area is 207 Å². The molecule has 0 bridgehead atoms. The van der Waals surface area contributed by atoms with Crippen LogP contribution in [0.3, 0.4) is 0 Å². The number of hydrogen-bond acceptors (Lipinski definition) is 7. The van der Waals surface area contributed by atoms with Gasteiger partial charge in [-0.1, -0.05) is 19.6 Å². The van der Waals surface area contributed by atoms with Crippen molar-refractivity contribution in [3.8, 4) is 0 Å². The second-order valence-corrected chi connectivity index (χ2v) is 9.52. The van der Waals surface area contributed by atoms with Crippen LogP contribution in [0.5, 0.6) is 0 Å². The summed E-state index contributed by atoms with van der Waals surface area (Å²) in [6.07, 6.45) is -6.24. The highest BCUT2D eigenvalue weighted by molar-refractivity contribution is 7.99. The highest BCUT2D eigenvalue weighted by Gasteiger charge is 2.40. The summed E-state index contributed by atoms with van der Waals surface area (Å²) in [5.41, 5.74) is 0.0910. The van der Waals surface area contributed by atoms with Crippen LogP contribution in [0.1, 0.15) is 34.9 Å². The van der Waals surface area contributed by atoms with Crippen LogP contribution >= 0.6 is 11.8 Å². The minimum atomic E-state index is -4.51. The molecule has 1 aromatic carbocycles. The number of H-pyrrole nitrogens is 1. The predicted molar refractivity (Wildman–Crippen MR) is 131 cm³/mol. The third-order valence-electron chi connectivity index (χ3n) is 4.95. The molecule has 0 amide bonds. The summed E-state index contributed by atoms with van der Waals surface area (Å²) in [6, 6.07) is 10.1. The number of ketones is 1. The van der Waals surface area contributed by atoms with Gasteiger partial charge in [-0.05, 0) is 43.3 Å². The molecular formula is C23H30F4N6OS. The van der Waals surface area contributed by atoms with Crippen LogP contribution in [-0.2, 0) is 11.2 Å². The summed E-state index contributed by atoms with van der Waals surface area (Å²) in [6.45, 7) is 3.84. The third-order valence-corrected chi connectivity index (χ3v) is 5.82. The topological polar surface area (TPSA) is 86.8 Å². The second-order valence-electron chi connectivity index (χ2n) is 8.48. The zero-order valence-electron chi connectivity index (χ0n) is 18.4. The van der Waals surface area contributed by atoms with Crippen LogP contribution in [0.15, 0.2) is 46.5 Å². The molecule has 0 aliphatic carbocycles. The molecule has 0 spiro atoms. The average molecular weight is 515 g/mol. The fourth-order valence-corrected chi connectivity index (χ4v) is 4.27. The number of aromatic amines is 1. The molecule has 3 heterocycles. The lowest BCUT2D eigenvalue weighted by Crippen LogP contribution is -2.57. The number of aryl methyl sites for hydroxylation is 1. The number of aromatic nitrogens is 4. The number of halogens is 4. The summed E-state index contributed by atoms with van der Waals surface area (Å²) >= 11 is 1.25. The van der Waals surface area contributed by atoms with Gasteiger partial charge in [-0.2, -0.15) is 18.3 Å². The molecule has 1 aliphatic rings. The number of Topliss-reactive ketones (excluding diaryl/α,β-unsaturated/α-hetero) is 1. The van der Waals surface area contributed by atoms with Crippen molar-refractivity contribution in [1.29, 1.82) is 0 Å². The number of benzene rings is 1. The molecule has 4 rings (SSSR count). The zero-order chi connectivity index (χ0) is 24.5. The van der Waals surface area contributed by atoms with Gasteiger partial charge in [0.1, 0.15) is 29.5 Å². The molecule has 1 saturated heterocycles. The number of carbonyl (C=O) groups is 1. The van der Waals surface area contributed by atoms with E-state index in [2.05, 4.69) is 25.5 Å². The second kappa shape index (κ2) is 10.2. The van der Waals surface area contributed by atoms with Gasteiger partial charge in [0.05, 0.1) is 13.1 Å². The predicted octanol–water partition coefficient (Wildman–Crippen LogP) is 6.14. The minimum Gasteiger partial charge on any atom is -0.350 e. The standard InChI is InChI=1S/C22H22F4N6OS.CH4.2H2/c1-13-7-18(31-30-13)27-17-9-19(32-11-21(2,23)12-32)29-20(28-17)34-16-5-3-14(4-6-16)8-15(33)10-22(24,25)26;;;/h3-7,9H,8,10-12H2,1-2H3,(H2,27,28,29,30,31);1H4;2*1H. The molecule has 0 unspecified atom stereocenters. The fourth-order valence-electron chi connectivity index (χ4n) is 3.50. The van der Waals surface area contributed by atoms with Gasteiger partial charge in [0.15, 0.2) is 11.0 Å².